The van der Waals surface area contributed by atoms with E-state index in [1.165, 1.54) is 57.8 Å². The molecule has 12 nitrogen and oxygen atoms in total. The Kier molecular flexibility index (Phi) is 35.5. The first kappa shape index (κ1) is 57.1. The van der Waals surface area contributed by atoms with Gasteiger partial charge in [-0.25, -0.2) is 0 Å². The number of carbonyl (C=O) groups excluding carboxylic acids is 2. The van der Waals surface area contributed by atoms with Gasteiger partial charge in [-0.2, -0.15) is 8.42 Å². The van der Waals surface area contributed by atoms with Crippen molar-refractivity contribution in [2.75, 3.05) is 19.0 Å². The smallest absolute Gasteiger partial charge is 0.306 e. The van der Waals surface area contributed by atoms with Gasteiger partial charge in [-0.1, -0.05) is 145 Å². The lowest BCUT2D eigenvalue weighted by atomic mass is 10.00. The van der Waals surface area contributed by atoms with Gasteiger partial charge in [-0.05, 0) is 83.5 Å². The number of carbonyl (C=O) groups is 2. The lowest BCUT2D eigenvalue weighted by molar-refractivity contribution is -0.297. The molecule has 1 fully saturated rings. The second-order valence-electron chi connectivity index (χ2n) is 16.0. The third-order valence-corrected chi connectivity index (χ3v) is 11.0. The predicted molar refractivity (Wildman–Crippen MR) is 247 cm³/mol. The van der Waals surface area contributed by atoms with Crippen molar-refractivity contribution < 1.29 is 56.8 Å². The first-order valence-corrected chi connectivity index (χ1v) is 25.1. The fourth-order valence-electron chi connectivity index (χ4n) is 6.64. The number of ether oxygens (including phenoxy) is 4. The summed E-state index contributed by atoms with van der Waals surface area (Å²) < 4.78 is 54.1. The first-order valence-electron chi connectivity index (χ1n) is 23.5. The minimum absolute atomic E-state index is 0.108. The Labute approximate surface area is 374 Å². The number of aliphatic hydroxyl groups excluding tert-OH is 3. The van der Waals surface area contributed by atoms with Crippen LogP contribution in [0.4, 0.5) is 0 Å². The maximum absolute atomic E-state index is 12.8. The molecule has 1 aliphatic heterocycles. The molecule has 1 heterocycles. The number of allylic oxidation sites excluding steroid dienone is 12. The monoisotopic (exact) mass is 895 g/mol. The highest BCUT2D eigenvalue weighted by molar-refractivity contribution is 7.85. The van der Waals surface area contributed by atoms with Gasteiger partial charge in [0.05, 0.1) is 6.61 Å². The van der Waals surface area contributed by atoms with Crippen molar-refractivity contribution in [1.82, 2.24) is 0 Å². The van der Waals surface area contributed by atoms with Gasteiger partial charge < -0.3 is 34.3 Å². The third kappa shape index (κ3) is 32.7. The second-order valence-corrected chi connectivity index (χ2v) is 17.5. The van der Waals surface area contributed by atoms with Crippen molar-refractivity contribution in [3.63, 3.8) is 0 Å². The molecule has 0 amide bonds. The Morgan fingerprint density at radius 1 is 0.565 bits per heavy atom. The van der Waals surface area contributed by atoms with Gasteiger partial charge in [-0.15, -0.1) is 0 Å². The Morgan fingerprint density at radius 3 is 1.55 bits per heavy atom. The van der Waals surface area contributed by atoms with Crippen LogP contribution in [0.15, 0.2) is 72.9 Å². The third-order valence-electron chi connectivity index (χ3n) is 10.3. The van der Waals surface area contributed by atoms with Crippen molar-refractivity contribution in [3.05, 3.63) is 72.9 Å². The molecule has 0 aromatic carbocycles. The topological polar surface area (TPSA) is 186 Å². The van der Waals surface area contributed by atoms with E-state index in [0.717, 1.165) is 70.6 Å². The minimum Gasteiger partial charge on any atom is -0.462 e. The summed E-state index contributed by atoms with van der Waals surface area (Å²) >= 11 is 0. The molecule has 356 valence electrons. The molecule has 6 unspecified atom stereocenters. The fraction of sp³-hybridized carbons (Fsp3) is 0.714. The van der Waals surface area contributed by atoms with E-state index in [9.17, 15) is 37.9 Å². The summed E-state index contributed by atoms with van der Waals surface area (Å²) in [6, 6.07) is 0. The summed E-state index contributed by atoms with van der Waals surface area (Å²) in [5.74, 6) is -2.05. The number of hydrogen-bond acceptors (Lipinski definition) is 11. The largest absolute Gasteiger partial charge is 0.462 e. The average Bonchev–Trinajstić information content (AvgIpc) is 3.24. The molecule has 62 heavy (non-hydrogen) atoms. The van der Waals surface area contributed by atoms with Crippen molar-refractivity contribution in [1.29, 1.82) is 0 Å². The molecule has 0 bridgehead atoms. The van der Waals surface area contributed by atoms with E-state index in [2.05, 4.69) is 86.8 Å². The number of rotatable bonds is 38. The molecule has 0 aliphatic carbocycles. The molecule has 4 N–H and O–H groups in total. The van der Waals surface area contributed by atoms with Gasteiger partial charge in [0, 0.05) is 12.8 Å². The average molecular weight is 895 g/mol. The van der Waals surface area contributed by atoms with Crippen molar-refractivity contribution in [2.45, 2.75) is 205 Å². The van der Waals surface area contributed by atoms with Crippen LogP contribution in [-0.4, -0.2) is 96.0 Å². The van der Waals surface area contributed by atoms with Crippen molar-refractivity contribution in [2.24, 2.45) is 0 Å². The highest BCUT2D eigenvalue weighted by Gasteiger charge is 2.46. The van der Waals surface area contributed by atoms with Crippen LogP contribution >= 0.6 is 0 Å². The maximum Gasteiger partial charge on any atom is 0.306 e. The summed E-state index contributed by atoms with van der Waals surface area (Å²) in [5.41, 5.74) is 0. The summed E-state index contributed by atoms with van der Waals surface area (Å²) in [4.78, 5) is 25.4. The van der Waals surface area contributed by atoms with Gasteiger partial charge in [0.2, 0.25) is 0 Å². The number of aliphatic hydroxyl groups is 3. The molecule has 13 heteroatoms. The van der Waals surface area contributed by atoms with Crippen LogP contribution in [-0.2, 0) is 38.7 Å². The summed E-state index contributed by atoms with van der Waals surface area (Å²) in [5, 5.41) is 30.9. The molecule has 1 saturated heterocycles. The number of unbranched alkanes of at least 4 members (excludes halogenated alkanes) is 14. The van der Waals surface area contributed by atoms with Crippen LogP contribution in [0.5, 0.6) is 0 Å². The summed E-state index contributed by atoms with van der Waals surface area (Å²) in [6.07, 6.45) is 39.5. The molecule has 0 saturated carbocycles. The Morgan fingerprint density at radius 2 is 1.02 bits per heavy atom. The van der Waals surface area contributed by atoms with E-state index in [1.807, 2.05) is 0 Å². The van der Waals surface area contributed by atoms with Crippen molar-refractivity contribution >= 4 is 22.1 Å². The molecule has 0 aromatic heterocycles. The van der Waals surface area contributed by atoms with E-state index < -0.39 is 71.2 Å². The summed E-state index contributed by atoms with van der Waals surface area (Å²) in [6.45, 7) is 3.58. The van der Waals surface area contributed by atoms with Gasteiger partial charge in [0.15, 0.2) is 12.4 Å². The zero-order valence-electron chi connectivity index (χ0n) is 37.9. The minimum atomic E-state index is -4.61. The standard InChI is InChI=1S/C49H82O12S/c1-3-5-7-9-11-13-15-17-19-20-21-22-24-25-27-29-31-33-35-37-44(50)58-39-42(40-59-49-48(54)47(53)46(52)43(61-49)41-62(55,56)57)60-45(51)38-36-34-32-30-28-26-23-18-16-14-12-10-8-6-4-2/h6,8,11-14,17-19,23,28,30,42-43,46-49,52-54H,3-5,7,9-10,15-16,20-22,24-27,29,31-41H2,1-2H3,(H,55,56,57)/b8-6-,13-11-,14-12-,19-17-,23-18-,30-28-. The van der Waals surface area contributed by atoms with Crippen LogP contribution < -0.4 is 0 Å². The summed E-state index contributed by atoms with van der Waals surface area (Å²) in [7, 11) is -4.61. The lowest BCUT2D eigenvalue weighted by Gasteiger charge is -2.40. The number of esters is 2. The highest BCUT2D eigenvalue weighted by atomic mass is 32.2. The molecule has 6 atom stereocenters. The van der Waals surface area contributed by atoms with Gasteiger partial charge in [0.1, 0.15) is 36.8 Å². The van der Waals surface area contributed by atoms with Gasteiger partial charge in [-0.3, -0.25) is 14.1 Å². The fourth-order valence-corrected chi connectivity index (χ4v) is 7.33. The SMILES string of the molecule is CC/C=C\C/C=C\C/C=C\C/C=C\CCCCC(=O)OC(COC(=O)CCCCCCCCCCC/C=C\C/C=C\CCCCC)COC1OC(CS(=O)(=O)O)C(O)C(O)C1O. The second kappa shape index (κ2) is 38.5. The number of hydrogen-bond donors (Lipinski definition) is 4. The zero-order chi connectivity index (χ0) is 45.5. The molecule has 0 radical (unpaired) electrons. The molecule has 0 spiro atoms. The van der Waals surface area contributed by atoms with Gasteiger partial charge in [0.25, 0.3) is 10.1 Å². The zero-order valence-corrected chi connectivity index (χ0v) is 38.8. The lowest BCUT2D eigenvalue weighted by Crippen LogP contribution is -2.60. The van der Waals surface area contributed by atoms with Crippen LogP contribution in [0.2, 0.25) is 0 Å². The molecular weight excluding hydrogens is 813 g/mol. The van der Waals surface area contributed by atoms with E-state index in [1.54, 1.807) is 0 Å². The molecule has 0 aromatic rings. The quantitative estimate of drug-likeness (QED) is 0.0199. The molecule has 1 rings (SSSR count). The normalized spacial score (nSPS) is 20.5. The van der Waals surface area contributed by atoms with Crippen LogP contribution in [0, 0.1) is 0 Å². The van der Waals surface area contributed by atoms with Crippen LogP contribution in [0.3, 0.4) is 0 Å². The van der Waals surface area contributed by atoms with E-state index >= 15 is 0 Å². The first-order chi connectivity index (χ1) is 30.0. The van der Waals surface area contributed by atoms with Crippen LogP contribution in [0.25, 0.3) is 0 Å². The molecular formula is C49H82O12S. The van der Waals surface area contributed by atoms with E-state index in [4.69, 9.17) is 18.9 Å². The van der Waals surface area contributed by atoms with Crippen molar-refractivity contribution in [3.8, 4) is 0 Å². The van der Waals surface area contributed by atoms with E-state index in [0.29, 0.717) is 12.8 Å². The molecule has 1 aliphatic rings. The predicted octanol–water partition coefficient (Wildman–Crippen LogP) is 9.89. The van der Waals surface area contributed by atoms with E-state index in [-0.39, 0.29) is 19.4 Å². The maximum atomic E-state index is 12.8. The highest BCUT2D eigenvalue weighted by Crippen LogP contribution is 2.24. The Bertz CT molecular complexity index is 1420. The Balaban J connectivity index is 2.45. The Hall–Kier alpha value is -2.91. The van der Waals surface area contributed by atoms with Gasteiger partial charge >= 0.3 is 11.9 Å². The van der Waals surface area contributed by atoms with Crippen LogP contribution in [0.1, 0.15) is 168 Å².